The molecule has 0 radical (unpaired) electrons. The van der Waals surface area contributed by atoms with Gasteiger partial charge >= 0.3 is 0 Å². The first-order valence-corrected chi connectivity index (χ1v) is 6.02. The van der Waals surface area contributed by atoms with Crippen molar-refractivity contribution < 1.29 is 9.84 Å². The molecule has 0 saturated heterocycles. The minimum atomic E-state index is -0.475. The molecule has 4 heteroatoms. The van der Waals surface area contributed by atoms with Crippen molar-refractivity contribution in [3.63, 3.8) is 0 Å². The third-order valence-corrected chi connectivity index (χ3v) is 2.47. The predicted molar refractivity (Wildman–Crippen MR) is 67.7 cm³/mol. The van der Waals surface area contributed by atoms with E-state index in [1.54, 1.807) is 6.20 Å². The SMILES string of the molecule is CC(C)OCC(O)CN[C@H](C)c1cccnc1. The van der Waals surface area contributed by atoms with E-state index < -0.39 is 6.10 Å². The van der Waals surface area contributed by atoms with Gasteiger partial charge < -0.3 is 15.2 Å². The summed E-state index contributed by atoms with van der Waals surface area (Å²) in [6, 6.07) is 4.10. The minimum Gasteiger partial charge on any atom is -0.389 e. The monoisotopic (exact) mass is 238 g/mol. The summed E-state index contributed by atoms with van der Waals surface area (Å²) in [4.78, 5) is 4.07. The van der Waals surface area contributed by atoms with Crippen molar-refractivity contribution in [3.8, 4) is 0 Å². The highest BCUT2D eigenvalue weighted by atomic mass is 16.5. The smallest absolute Gasteiger partial charge is 0.0898 e. The molecule has 2 atom stereocenters. The van der Waals surface area contributed by atoms with Gasteiger partial charge in [0.05, 0.1) is 18.8 Å². The Hall–Kier alpha value is -0.970. The van der Waals surface area contributed by atoms with Crippen LogP contribution in [0.5, 0.6) is 0 Å². The number of nitrogens with one attached hydrogen (secondary N) is 1. The van der Waals surface area contributed by atoms with Crippen LogP contribution in [0, 0.1) is 0 Å². The second-order valence-electron chi connectivity index (χ2n) is 4.45. The largest absolute Gasteiger partial charge is 0.389 e. The highest BCUT2D eigenvalue weighted by Gasteiger charge is 2.09. The summed E-state index contributed by atoms with van der Waals surface area (Å²) in [5.41, 5.74) is 1.12. The Labute approximate surface area is 103 Å². The fourth-order valence-electron chi connectivity index (χ4n) is 1.43. The lowest BCUT2D eigenvalue weighted by atomic mass is 10.1. The summed E-state index contributed by atoms with van der Waals surface area (Å²) in [5, 5.41) is 12.9. The Morgan fingerprint density at radius 2 is 2.18 bits per heavy atom. The molecular formula is C13H22N2O2. The van der Waals surface area contributed by atoms with Crippen molar-refractivity contribution in [2.75, 3.05) is 13.2 Å². The molecule has 1 heterocycles. The molecule has 1 rings (SSSR count). The lowest BCUT2D eigenvalue weighted by Gasteiger charge is -2.18. The van der Waals surface area contributed by atoms with E-state index in [1.165, 1.54) is 0 Å². The quantitative estimate of drug-likeness (QED) is 0.756. The van der Waals surface area contributed by atoms with Crippen LogP contribution in [0.15, 0.2) is 24.5 Å². The number of hydrogen-bond acceptors (Lipinski definition) is 4. The van der Waals surface area contributed by atoms with Crippen molar-refractivity contribution >= 4 is 0 Å². The molecular weight excluding hydrogens is 216 g/mol. The van der Waals surface area contributed by atoms with Gasteiger partial charge in [0.25, 0.3) is 0 Å². The molecule has 0 aromatic carbocycles. The summed E-state index contributed by atoms with van der Waals surface area (Å²) >= 11 is 0. The van der Waals surface area contributed by atoms with E-state index in [1.807, 2.05) is 39.1 Å². The van der Waals surface area contributed by atoms with Gasteiger partial charge in [-0.2, -0.15) is 0 Å². The number of aliphatic hydroxyl groups is 1. The maximum absolute atomic E-state index is 9.69. The number of aromatic nitrogens is 1. The zero-order chi connectivity index (χ0) is 12.7. The number of ether oxygens (including phenoxy) is 1. The molecule has 0 aliphatic heterocycles. The van der Waals surface area contributed by atoms with Crippen molar-refractivity contribution in [1.82, 2.24) is 10.3 Å². The molecule has 0 spiro atoms. The van der Waals surface area contributed by atoms with Gasteiger partial charge in [0.2, 0.25) is 0 Å². The van der Waals surface area contributed by atoms with Gasteiger partial charge in [0, 0.05) is 25.0 Å². The maximum Gasteiger partial charge on any atom is 0.0898 e. The second kappa shape index (κ2) is 7.37. The van der Waals surface area contributed by atoms with Crippen LogP contribution in [0.1, 0.15) is 32.4 Å². The van der Waals surface area contributed by atoms with Crippen LogP contribution in [0.2, 0.25) is 0 Å². The third-order valence-electron chi connectivity index (χ3n) is 2.47. The second-order valence-corrected chi connectivity index (χ2v) is 4.45. The Bertz CT molecular complexity index is 304. The molecule has 96 valence electrons. The van der Waals surface area contributed by atoms with Crippen molar-refractivity contribution in [2.24, 2.45) is 0 Å². The number of aliphatic hydroxyl groups excluding tert-OH is 1. The molecule has 17 heavy (non-hydrogen) atoms. The first-order chi connectivity index (χ1) is 8.09. The fourth-order valence-corrected chi connectivity index (χ4v) is 1.43. The molecule has 2 N–H and O–H groups in total. The van der Waals surface area contributed by atoms with Gasteiger partial charge in [0.15, 0.2) is 0 Å². The van der Waals surface area contributed by atoms with Crippen LogP contribution >= 0.6 is 0 Å². The van der Waals surface area contributed by atoms with Crippen molar-refractivity contribution in [1.29, 1.82) is 0 Å². The molecule has 1 aromatic heterocycles. The lowest BCUT2D eigenvalue weighted by Crippen LogP contribution is -2.32. The molecule has 0 aliphatic carbocycles. The van der Waals surface area contributed by atoms with Gasteiger partial charge in [-0.1, -0.05) is 6.07 Å². The van der Waals surface area contributed by atoms with Gasteiger partial charge in [-0.05, 0) is 32.4 Å². The van der Waals surface area contributed by atoms with Gasteiger partial charge in [0.1, 0.15) is 0 Å². The predicted octanol–water partition coefficient (Wildman–Crippen LogP) is 1.52. The minimum absolute atomic E-state index is 0.153. The summed E-state index contributed by atoms with van der Waals surface area (Å²) in [6.07, 6.45) is 3.26. The Morgan fingerprint density at radius 3 is 2.76 bits per heavy atom. The number of rotatable bonds is 7. The van der Waals surface area contributed by atoms with Crippen LogP contribution in [0.3, 0.4) is 0 Å². The Balaban J connectivity index is 2.26. The van der Waals surface area contributed by atoms with E-state index in [-0.39, 0.29) is 12.1 Å². The number of hydrogen-bond donors (Lipinski definition) is 2. The van der Waals surface area contributed by atoms with E-state index in [0.717, 1.165) is 5.56 Å². The molecule has 1 aromatic rings. The number of nitrogens with zero attached hydrogens (tertiary/aromatic N) is 1. The van der Waals surface area contributed by atoms with E-state index in [4.69, 9.17) is 4.74 Å². The average Bonchev–Trinajstić information content (AvgIpc) is 2.34. The topological polar surface area (TPSA) is 54.4 Å². The summed E-state index contributed by atoms with van der Waals surface area (Å²) < 4.78 is 5.34. The van der Waals surface area contributed by atoms with Crippen molar-refractivity contribution in [3.05, 3.63) is 30.1 Å². The Kier molecular flexibility index (Phi) is 6.11. The van der Waals surface area contributed by atoms with E-state index in [2.05, 4.69) is 10.3 Å². The Morgan fingerprint density at radius 1 is 1.41 bits per heavy atom. The molecule has 4 nitrogen and oxygen atoms in total. The first-order valence-electron chi connectivity index (χ1n) is 6.02. The van der Waals surface area contributed by atoms with E-state index in [0.29, 0.717) is 13.2 Å². The van der Waals surface area contributed by atoms with Crippen LogP contribution in [0.25, 0.3) is 0 Å². The van der Waals surface area contributed by atoms with E-state index >= 15 is 0 Å². The molecule has 0 bridgehead atoms. The maximum atomic E-state index is 9.69. The highest BCUT2D eigenvalue weighted by molar-refractivity contribution is 5.12. The van der Waals surface area contributed by atoms with Crippen LogP contribution in [0.4, 0.5) is 0 Å². The van der Waals surface area contributed by atoms with Crippen molar-refractivity contribution in [2.45, 2.75) is 39.0 Å². The zero-order valence-electron chi connectivity index (χ0n) is 10.8. The average molecular weight is 238 g/mol. The molecule has 1 unspecified atom stereocenters. The molecule has 0 saturated carbocycles. The fraction of sp³-hybridized carbons (Fsp3) is 0.615. The summed E-state index contributed by atoms with van der Waals surface area (Å²) in [7, 11) is 0. The molecule has 0 amide bonds. The summed E-state index contributed by atoms with van der Waals surface area (Å²) in [6.45, 7) is 6.84. The van der Waals surface area contributed by atoms with Crippen LogP contribution < -0.4 is 5.32 Å². The molecule has 0 fully saturated rings. The van der Waals surface area contributed by atoms with Gasteiger partial charge in [-0.3, -0.25) is 4.98 Å². The highest BCUT2D eigenvalue weighted by Crippen LogP contribution is 2.09. The normalized spacial score (nSPS) is 14.9. The van der Waals surface area contributed by atoms with Gasteiger partial charge in [-0.15, -0.1) is 0 Å². The first kappa shape index (κ1) is 14.1. The standard InChI is InChI=1S/C13H22N2O2/c1-10(2)17-9-13(16)8-15-11(3)12-5-4-6-14-7-12/h4-7,10-11,13,15-16H,8-9H2,1-3H3/t11-,13?/m1/s1. The molecule has 0 aliphatic rings. The lowest BCUT2D eigenvalue weighted by molar-refractivity contribution is 0.00560. The van der Waals surface area contributed by atoms with Crippen LogP contribution in [-0.2, 0) is 4.74 Å². The number of pyridine rings is 1. The summed E-state index contributed by atoms with van der Waals surface area (Å²) in [5.74, 6) is 0. The van der Waals surface area contributed by atoms with Gasteiger partial charge in [-0.25, -0.2) is 0 Å². The third kappa shape index (κ3) is 5.77. The van der Waals surface area contributed by atoms with Crippen LogP contribution in [-0.4, -0.2) is 35.5 Å². The zero-order valence-corrected chi connectivity index (χ0v) is 10.8. The van der Waals surface area contributed by atoms with E-state index in [9.17, 15) is 5.11 Å².